The van der Waals surface area contributed by atoms with Gasteiger partial charge in [-0.1, -0.05) is 25.8 Å². The van der Waals surface area contributed by atoms with Crippen molar-refractivity contribution in [2.75, 3.05) is 0 Å². The van der Waals surface area contributed by atoms with Gasteiger partial charge in [-0.2, -0.15) is 0 Å². The van der Waals surface area contributed by atoms with Crippen LogP contribution in [-0.2, 0) is 14.3 Å². The fourth-order valence-corrected chi connectivity index (χ4v) is 7.61. The minimum Gasteiger partial charge on any atom is -0.311 e. The van der Waals surface area contributed by atoms with Crippen molar-refractivity contribution in [1.82, 2.24) is 0 Å². The predicted molar refractivity (Wildman–Crippen MR) is 95.7 cm³/mol. The minimum atomic E-state index is -1.000. The van der Waals surface area contributed by atoms with E-state index >= 15 is 0 Å². The lowest BCUT2D eigenvalue weighted by Gasteiger charge is -2.62. The smallest absolute Gasteiger partial charge is 0.238 e. The lowest BCUT2D eigenvalue weighted by atomic mass is 9.47. The Kier molecular flexibility index (Phi) is 3.16. The second-order valence-corrected chi connectivity index (χ2v) is 10.5. The molecular formula is C22H32O3. The Balaban J connectivity index is 1.50. The van der Waals surface area contributed by atoms with Gasteiger partial charge < -0.3 is 9.47 Å². The molecule has 3 saturated carbocycles. The quantitative estimate of drug-likeness (QED) is 0.620. The van der Waals surface area contributed by atoms with Crippen LogP contribution in [0.5, 0.6) is 0 Å². The molecule has 1 aliphatic heterocycles. The lowest BCUT2D eigenvalue weighted by Crippen LogP contribution is -2.68. The maximum atomic E-state index is 12.8. The van der Waals surface area contributed by atoms with Gasteiger partial charge >= 0.3 is 0 Å². The first-order chi connectivity index (χ1) is 11.7. The number of carbonyl (C=O) groups excluding carboxylic acids is 1. The van der Waals surface area contributed by atoms with Gasteiger partial charge in [0.05, 0.1) is 0 Å². The Morgan fingerprint density at radius 3 is 2.48 bits per heavy atom. The fourth-order valence-electron chi connectivity index (χ4n) is 7.61. The Hall–Kier alpha value is -0.670. The molecule has 5 rings (SSSR count). The molecule has 0 radical (unpaired) electrons. The largest absolute Gasteiger partial charge is 0.311 e. The Morgan fingerprint density at radius 2 is 1.76 bits per heavy atom. The van der Waals surface area contributed by atoms with Crippen LogP contribution in [0.1, 0.15) is 79.1 Å². The van der Waals surface area contributed by atoms with Crippen LogP contribution in [0.3, 0.4) is 0 Å². The summed E-state index contributed by atoms with van der Waals surface area (Å²) in [5.41, 5.74) is 2.02. The van der Waals surface area contributed by atoms with Gasteiger partial charge in [0.25, 0.3) is 0 Å². The molecule has 0 unspecified atom stereocenters. The highest BCUT2D eigenvalue weighted by Crippen LogP contribution is 2.67. The summed E-state index contributed by atoms with van der Waals surface area (Å²) in [6.45, 7) is 8.75. The molecule has 4 fully saturated rings. The molecule has 0 amide bonds. The molecule has 25 heavy (non-hydrogen) atoms. The van der Waals surface area contributed by atoms with Crippen LogP contribution in [0, 0.1) is 28.6 Å². The molecular weight excluding hydrogens is 312 g/mol. The van der Waals surface area contributed by atoms with Gasteiger partial charge in [0.15, 0.2) is 5.79 Å². The molecule has 138 valence electrons. The Morgan fingerprint density at radius 1 is 1.00 bits per heavy atom. The van der Waals surface area contributed by atoms with E-state index < -0.39 is 11.6 Å². The summed E-state index contributed by atoms with van der Waals surface area (Å²) in [6.07, 6.45) is 11.9. The molecule has 3 nitrogen and oxygen atoms in total. The molecule has 5 atom stereocenters. The molecule has 1 spiro atoms. The zero-order chi connectivity index (χ0) is 17.7. The van der Waals surface area contributed by atoms with Crippen molar-refractivity contribution in [3.05, 3.63) is 11.6 Å². The first-order valence-electron chi connectivity index (χ1n) is 10.3. The summed E-state index contributed by atoms with van der Waals surface area (Å²) < 4.78 is 12.1. The highest BCUT2D eigenvalue weighted by Gasteiger charge is 2.65. The van der Waals surface area contributed by atoms with Gasteiger partial charge in [-0.25, -0.2) is 0 Å². The summed E-state index contributed by atoms with van der Waals surface area (Å²) in [5, 5.41) is 0. The number of carbonyl (C=O) groups is 1. The summed E-state index contributed by atoms with van der Waals surface area (Å²) in [6, 6.07) is 0. The van der Waals surface area contributed by atoms with Crippen molar-refractivity contribution in [2.24, 2.45) is 28.6 Å². The molecule has 3 heteroatoms. The fraction of sp³-hybridized carbons (Fsp3) is 0.864. The number of ether oxygens (including phenoxy) is 2. The molecule has 5 aliphatic rings. The third kappa shape index (κ3) is 2.09. The third-order valence-corrected chi connectivity index (χ3v) is 8.62. The van der Waals surface area contributed by atoms with Gasteiger partial charge in [-0.3, -0.25) is 4.79 Å². The van der Waals surface area contributed by atoms with Gasteiger partial charge in [0.2, 0.25) is 11.6 Å². The Bertz CT molecular complexity index is 654. The normalized spacial score (nSPS) is 49.7. The number of rotatable bonds is 0. The van der Waals surface area contributed by atoms with E-state index in [9.17, 15) is 4.79 Å². The number of allylic oxidation sites excluding steroid dienone is 1. The average molecular weight is 344 g/mol. The van der Waals surface area contributed by atoms with E-state index in [2.05, 4.69) is 13.8 Å². The van der Waals surface area contributed by atoms with Crippen LogP contribution in [-0.4, -0.2) is 17.4 Å². The topological polar surface area (TPSA) is 35.5 Å². The predicted octanol–water partition coefficient (Wildman–Crippen LogP) is 5.00. The molecule has 1 saturated heterocycles. The molecule has 0 aromatic rings. The van der Waals surface area contributed by atoms with Crippen molar-refractivity contribution in [3.8, 4) is 0 Å². The van der Waals surface area contributed by atoms with E-state index in [1.165, 1.54) is 44.1 Å². The second kappa shape index (κ2) is 4.78. The second-order valence-electron chi connectivity index (χ2n) is 10.5. The van der Waals surface area contributed by atoms with Crippen LogP contribution in [0.4, 0.5) is 0 Å². The van der Waals surface area contributed by atoms with Gasteiger partial charge in [-0.15, -0.1) is 0 Å². The van der Waals surface area contributed by atoms with E-state index in [4.69, 9.17) is 9.47 Å². The van der Waals surface area contributed by atoms with Gasteiger partial charge in [0, 0.05) is 6.42 Å². The molecule has 0 bridgehead atoms. The molecule has 4 aliphatic carbocycles. The number of fused-ring (bicyclic) bond motifs is 5. The third-order valence-electron chi connectivity index (χ3n) is 8.62. The summed E-state index contributed by atoms with van der Waals surface area (Å²) in [5.74, 6) is 0.811. The molecule has 0 aromatic heterocycles. The number of hydrogen-bond acceptors (Lipinski definition) is 3. The molecule has 0 N–H and O–H groups in total. The van der Waals surface area contributed by atoms with Crippen LogP contribution >= 0.6 is 0 Å². The van der Waals surface area contributed by atoms with Crippen molar-refractivity contribution in [2.45, 2.75) is 90.6 Å². The summed E-state index contributed by atoms with van der Waals surface area (Å²) >= 11 is 0. The van der Waals surface area contributed by atoms with Crippen LogP contribution < -0.4 is 0 Å². The highest BCUT2D eigenvalue weighted by atomic mass is 16.9. The average Bonchev–Trinajstić information content (AvgIpc) is 2.88. The first kappa shape index (κ1) is 16.5. The van der Waals surface area contributed by atoms with Crippen molar-refractivity contribution < 1.29 is 14.3 Å². The zero-order valence-corrected chi connectivity index (χ0v) is 16.2. The Labute approximate surface area is 151 Å². The summed E-state index contributed by atoms with van der Waals surface area (Å²) in [4.78, 5) is 12.8. The van der Waals surface area contributed by atoms with Gasteiger partial charge in [0.1, 0.15) is 0 Å². The number of hydrogen-bond donors (Lipinski definition) is 0. The van der Waals surface area contributed by atoms with E-state index in [-0.39, 0.29) is 11.2 Å². The van der Waals surface area contributed by atoms with Crippen molar-refractivity contribution in [3.63, 3.8) is 0 Å². The van der Waals surface area contributed by atoms with E-state index in [1.54, 1.807) is 0 Å². The van der Waals surface area contributed by atoms with Gasteiger partial charge in [-0.05, 0) is 87.0 Å². The molecule has 1 heterocycles. The van der Waals surface area contributed by atoms with Crippen LogP contribution in [0.15, 0.2) is 11.6 Å². The standard InChI is InChI=1S/C22H32O3/c1-19(2)24-22(25-19)13-21(4)14(12-18(22)23)7-8-15-16-6-5-10-20(16,3)11-9-17(15)21/h12,15-17H,5-11,13H2,1-4H3/t15-,16-,17-,20-,21-/m0/s1. The van der Waals surface area contributed by atoms with Crippen LogP contribution in [0.25, 0.3) is 0 Å². The SMILES string of the molecule is CC1(C)OC2(C[C@@]3(C)C(=CC2=O)CC[C@H]2[C@@H]4CCC[C@@]4(C)CC[C@@H]23)O1. The highest BCUT2D eigenvalue weighted by molar-refractivity contribution is 5.98. The van der Waals surface area contributed by atoms with E-state index in [1.807, 2.05) is 19.9 Å². The zero-order valence-electron chi connectivity index (χ0n) is 16.2. The first-order valence-corrected chi connectivity index (χ1v) is 10.3. The summed E-state index contributed by atoms with van der Waals surface area (Å²) in [7, 11) is 0. The maximum absolute atomic E-state index is 12.8. The lowest BCUT2D eigenvalue weighted by molar-refractivity contribution is -0.482. The van der Waals surface area contributed by atoms with E-state index in [0.29, 0.717) is 11.3 Å². The maximum Gasteiger partial charge on any atom is 0.238 e. The van der Waals surface area contributed by atoms with Crippen molar-refractivity contribution >= 4 is 5.78 Å². The number of ketones is 1. The van der Waals surface area contributed by atoms with Crippen molar-refractivity contribution in [1.29, 1.82) is 0 Å². The van der Waals surface area contributed by atoms with Crippen LogP contribution in [0.2, 0.25) is 0 Å². The molecule has 0 aromatic carbocycles. The van der Waals surface area contributed by atoms with E-state index in [0.717, 1.165) is 24.7 Å². The minimum absolute atomic E-state index is 0.0410. The monoisotopic (exact) mass is 344 g/mol.